The maximum atomic E-state index is 12.6. The van der Waals surface area contributed by atoms with Crippen molar-refractivity contribution < 1.29 is 18.0 Å². The molecule has 2 aromatic rings. The van der Waals surface area contributed by atoms with Gasteiger partial charge in [0, 0.05) is 13.5 Å². The number of hydrogen-bond donors (Lipinski definition) is 1. The van der Waals surface area contributed by atoms with Crippen LogP contribution in [0.1, 0.15) is 36.1 Å². The Labute approximate surface area is 161 Å². The van der Waals surface area contributed by atoms with Crippen LogP contribution in [0.2, 0.25) is 0 Å². The lowest BCUT2D eigenvalue weighted by molar-refractivity contribution is -0.158. The number of benzene rings is 1. The summed E-state index contributed by atoms with van der Waals surface area (Å²) < 4.78 is 39.0. The van der Waals surface area contributed by atoms with E-state index >= 15 is 0 Å². The highest BCUT2D eigenvalue weighted by molar-refractivity contribution is 5.75. The van der Waals surface area contributed by atoms with E-state index < -0.39 is 24.7 Å². The van der Waals surface area contributed by atoms with Crippen molar-refractivity contribution in [3.05, 3.63) is 47.5 Å². The number of nitrogens with zero attached hydrogens (tertiary/aromatic N) is 4. The van der Waals surface area contributed by atoms with Crippen molar-refractivity contribution in [2.45, 2.75) is 44.4 Å². The van der Waals surface area contributed by atoms with Gasteiger partial charge in [-0.15, -0.1) is 0 Å². The number of aromatic nitrogens is 3. The topological polar surface area (TPSA) is 77.0 Å². The predicted molar refractivity (Wildman–Crippen MR) is 97.2 cm³/mol. The van der Waals surface area contributed by atoms with Crippen LogP contribution in [0.25, 0.3) is 0 Å². The van der Waals surface area contributed by atoms with Crippen molar-refractivity contribution in [2.24, 2.45) is 11.7 Å². The molecule has 1 aromatic heterocycles. The van der Waals surface area contributed by atoms with Crippen LogP contribution in [-0.4, -0.2) is 45.3 Å². The molecule has 1 aromatic carbocycles. The van der Waals surface area contributed by atoms with Gasteiger partial charge < -0.3 is 10.6 Å². The fourth-order valence-electron chi connectivity index (χ4n) is 3.03. The van der Waals surface area contributed by atoms with Crippen LogP contribution >= 0.6 is 0 Å². The third-order valence-electron chi connectivity index (χ3n) is 4.67. The van der Waals surface area contributed by atoms with Crippen molar-refractivity contribution in [3.63, 3.8) is 0 Å². The molecule has 1 aliphatic rings. The second-order valence-corrected chi connectivity index (χ2v) is 7.35. The zero-order valence-corrected chi connectivity index (χ0v) is 15.7. The van der Waals surface area contributed by atoms with E-state index in [-0.39, 0.29) is 6.54 Å². The summed E-state index contributed by atoms with van der Waals surface area (Å²) in [5.41, 5.74) is 7.32. The number of likely N-dealkylation sites (N-methyl/N-ethyl adjacent to an activating group) is 1. The molecule has 0 spiro atoms. The number of alkyl halides is 3. The molecule has 1 heterocycles. The van der Waals surface area contributed by atoms with E-state index in [9.17, 15) is 18.0 Å². The lowest BCUT2D eigenvalue weighted by Crippen LogP contribution is -2.38. The van der Waals surface area contributed by atoms with Crippen LogP contribution in [-0.2, 0) is 24.2 Å². The minimum atomic E-state index is -4.45. The lowest BCUT2D eigenvalue weighted by atomic mass is 10.1. The Morgan fingerprint density at radius 1 is 1.32 bits per heavy atom. The van der Waals surface area contributed by atoms with Crippen molar-refractivity contribution >= 4 is 5.91 Å². The smallest absolute Gasteiger partial charge is 0.335 e. The van der Waals surface area contributed by atoms with Gasteiger partial charge in [0.05, 0.1) is 6.04 Å². The van der Waals surface area contributed by atoms with Crippen molar-refractivity contribution in [3.8, 4) is 0 Å². The molecule has 0 radical (unpaired) electrons. The summed E-state index contributed by atoms with van der Waals surface area (Å²) in [6, 6.07) is 9.08. The van der Waals surface area contributed by atoms with Crippen molar-refractivity contribution in [1.29, 1.82) is 0 Å². The standard InChI is InChI=1S/C19H24F3N5O/c1-26(12-19(20,21)22)17(28)11-27-18(24-16(25-27)10-14-7-8-14)15(23)9-13-5-3-2-4-6-13/h2-6,14-15H,7-12,23H2,1H3/t15-/m1/s1. The second kappa shape index (κ2) is 8.30. The van der Waals surface area contributed by atoms with Crippen LogP contribution in [0.5, 0.6) is 0 Å². The molecule has 1 amide bonds. The van der Waals surface area contributed by atoms with Crippen LogP contribution < -0.4 is 5.73 Å². The van der Waals surface area contributed by atoms with Gasteiger partial charge in [-0.2, -0.15) is 18.3 Å². The Kier molecular flexibility index (Phi) is 6.02. The zero-order chi connectivity index (χ0) is 20.3. The molecule has 1 aliphatic carbocycles. The fourth-order valence-corrected chi connectivity index (χ4v) is 3.03. The first-order valence-corrected chi connectivity index (χ1v) is 9.25. The molecule has 0 bridgehead atoms. The van der Waals surface area contributed by atoms with Crippen molar-refractivity contribution in [1.82, 2.24) is 19.7 Å². The van der Waals surface area contributed by atoms with E-state index in [0.717, 1.165) is 25.5 Å². The highest BCUT2D eigenvalue weighted by Gasteiger charge is 2.32. The van der Waals surface area contributed by atoms with Crippen LogP contribution in [0.3, 0.4) is 0 Å². The lowest BCUT2D eigenvalue weighted by Gasteiger charge is -2.20. The van der Waals surface area contributed by atoms with Gasteiger partial charge in [0.15, 0.2) is 5.82 Å². The van der Waals surface area contributed by atoms with Gasteiger partial charge in [0.25, 0.3) is 0 Å². The first-order chi connectivity index (χ1) is 13.2. The quantitative estimate of drug-likeness (QED) is 0.745. The molecular formula is C19H24F3N5O. The third kappa shape index (κ3) is 5.79. The summed E-state index contributed by atoms with van der Waals surface area (Å²) in [4.78, 5) is 17.4. The molecule has 6 nitrogen and oxygen atoms in total. The van der Waals surface area contributed by atoms with E-state index in [0.29, 0.717) is 35.3 Å². The van der Waals surface area contributed by atoms with E-state index in [1.807, 2.05) is 30.3 Å². The summed E-state index contributed by atoms with van der Waals surface area (Å²) in [6.45, 7) is -1.62. The number of rotatable bonds is 8. The predicted octanol–water partition coefficient (Wildman–Crippen LogP) is 2.49. The Morgan fingerprint density at radius 3 is 2.61 bits per heavy atom. The first-order valence-electron chi connectivity index (χ1n) is 9.25. The highest BCUT2D eigenvalue weighted by atomic mass is 19.4. The highest BCUT2D eigenvalue weighted by Crippen LogP contribution is 2.32. The molecule has 28 heavy (non-hydrogen) atoms. The molecule has 152 valence electrons. The molecule has 3 rings (SSSR count). The number of nitrogens with two attached hydrogens (primary N) is 1. The van der Waals surface area contributed by atoms with E-state index in [1.165, 1.54) is 4.68 Å². The minimum Gasteiger partial charge on any atom is -0.335 e. The van der Waals surface area contributed by atoms with Crippen LogP contribution in [0.15, 0.2) is 30.3 Å². The fraction of sp³-hybridized carbons (Fsp3) is 0.526. The van der Waals surface area contributed by atoms with Gasteiger partial charge in [0.2, 0.25) is 5.91 Å². The molecule has 2 N–H and O–H groups in total. The maximum absolute atomic E-state index is 12.6. The van der Waals surface area contributed by atoms with Gasteiger partial charge in [-0.3, -0.25) is 4.79 Å². The Morgan fingerprint density at radius 2 is 2.00 bits per heavy atom. The second-order valence-electron chi connectivity index (χ2n) is 7.35. The van der Waals surface area contributed by atoms with Gasteiger partial charge in [-0.1, -0.05) is 30.3 Å². The normalized spacial score (nSPS) is 15.5. The number of amides is 1. The molecule has 9 heteroatoms. The van der Waals surface area contributed by atoms with E-state index in [4.69, 9.17) is 5.73 Å². The average Bonchev–Trinajstić information content (AvgIpc) is 3.33. The SMILES string of the molecule is CN(CC(F)(F)F)C(=O)Cn1nc(CC2CC2)nc1[C@H](N)Cc1ccccc1. The van der Waals surface area contributed by atoms with E-state index in [1.54, 1.807) is 0 Å². The minimum absolute atomic E-state index is 0.317. The van der Waals surface area contributed by atoms with Crippen LogP contribution in [0, 0.1) is 5.92 Å². The largest absolute Gasteiger partial charge is 0.406 e. The van der Waals surface area contributed by atoms with Crippen molar-refractivity contribution in [2.75, 3.05) is 13.6 Å². The Hall–Kier alpha value is -2.42. The molecule has 0 saturated heterocycles. The summed E-state index contributed by atoms with van der Waals surface area (Å²) in [5, 5.41) is 4.37. The average molecular weight is 395 g/mol. The summed E-state index contributed by atoms with van der Waals surface area (Å²) >= 11 is 0. The number of carbonyl (C=O) groups excluding carboxylic acids is 1. The third-order valence-corrected chi connectivity index (χ3v) is 4.67. The monoisotopic (exact) mass is 395 g/mol. The van der Waals surface area contributed by atoms with Gasteiger partial charge >= 0.3 is 6.18 Å². The molecular weight excluding hydrogens is 371 g/mol. The summed E-state index contributed by atoms with van der Waals surface area (Å²) in [7, 11) is 1.13. The van der Waals surface area contributed by atoms with Gasteiger partial charge in [-0.25, -0.2) is 9.67 Å². The summed E-state index contributed by atoms with van der Waals surface area (Å²) in [6.07, 6.45) is -1.02. The maximum Gasteiger partial charge on any atom is 0.406 e. The molecule has 1 saturated carbocycles. The number of carbonyl (C=O) groups is 1. The van der Waals surface area contributed by atoms with Gasteiger partial charge in [0.1, 0.15) is 18.9 Å². The van der Waals surface area contributed by atoms with Gasteiger partial charge in [-0.05, 0) is 30.7 Å². The Bertz CT molecular complexity index is 802. The number of halogens is 3. The Balaban J connectivity index is 1.76. The zero-order valence-electron chi connectivity index (χ0n) is 15.7. The number of hydrogen-bond acceptors (Lipinski definition) is 4. The molecule has 0 unspecified atom stereocenters. The molecule has 0 aliphatic heterocycles. The summed E-state index contributed by atoms with van der Waals surface area (Å²) in [5.74, 6) is 0.867. The van der Waals surface area contributed by atoms with Crippen LogP contribution in [0.4, 0.5) is 13.2 Å². The van der Waals surface area contributed by atoms with E-state index in [2.05, 4.69) is 10.1 Å². The first kappa shape index (κ1) is 20.3. The molecule has 1 fully saturated rings. The molecule has 1 atom stereocenters.